The summed E-state index contributed by atoms with van der Waals surface area (Å²) in [5, 5.41) is 0.654. The largest absolute Gasteiger partial charge is 0.306 e. The van der Waals surface area contributed by atoms with Gasteiger partial charge in [-0.05, 0) is 42.9 Å². The topological polar surface area (TPSA) is 23.6 Å². The summed E-state index contributed by atoms with van der Waals surface area (Å²) in [6.07, 6.45) is 0. The molecule has 0 unspecified atom stereocenters. The van der Waals surface area contributed by atoms with Crippen molar-refractivity contribution in [3.8, 4) is 0 Å². The van der Waals surface area contributed by atoms with Crippen molar-refractivity contribution in [1.82, 2.24) is 4.90 Å². The number of carbonyl (C=O) groups is 1. The van der Waals surface area contributed by atoms with Crippen LogP contribution in [0.5, 0.6) is 0 Å². The van der Waals surface area contributed by atoms with Crippen molar-refractivity contribution in [3.05, 3.63) is 53.1 Å². The Morgan fingerprint density at radius 2 is 1.92 bits per heavy atom. The van der Waals surface area contributed by atoms with Crippen LogP contribution in [0.3, 0.4) is 0 Å². The van der Waals surface area contributed by atoms with Crippen LogP contribution in [0.2, 0.25) is 5.02 Å². The minimum Gasteiger partial charge on any atom is -0.306 e. The zero-order valence-electron chi connectivity index (χ0n) is 14.0. The van der Waals surface area contributed by atoms with E-state index >= 15 is 0 Å². The molecule has 0 spiro atoms. The van der Waals surface area contributed by atoms with Crippen molar-refractivity contribution in [2.45, 2.75) is 30.2 Å². The summed E-state index contributed by atoms with van der Waals surface area (Å²) in [5.41, 5.74) is 2.07. The molecule has 0 aromatic heterocycles. The van der Waals surface area contributed by atoms with E-state index in [9.17, 15) is 4.79 Å². The second-order valence-electron chi connectivity index (χ2n) is 5.76. The fraction of sp³-hybridized carbons (Fsp3) is 0.316. The molecule has 1 heterocycles. The zero-order valence-corrected chi connectivity index (χ0v) is 15.5. The molecule has 0 N–H and O–H groups in total. The Hall–Kier alpha value is -1.49. The van der Waals surface area contributed by atoms with Crippen molar-refractivity contribution >= 4 is 35.0 Å². The Morgan fingerprint density at radius 1 is 1.17 bits per heavy atom. The number of hydrogen-bond acceptors (Lipinski definition) is 3. The summed E-state index contributed by atoms with van der Waals surface area (Å²) in [7, 11) is 0. The minimum atomic E-state index is 0.111. The van der Waals surface area contributed by atoms with Crippen LogP contribution < -0.4 is 4.90 Å². The third kappa shape index (κ3) is 3.61. The van der Waals surface area contributed by atoms with E-state index in [1.54, 1.807) is 11.8 Å². The smallest absolute Gasteiger partial charge is 0.241 e. The number of nitrogens with zero attached hydrogens (tertiary/aromatic N) is 2. The van der Waals surface area contributed by atoms with E-state index in [1.165, 1.54) is 10.5 Å². The number of likely N-dealkylation sites (N-methyl/N-ethyl adjacent to an activating group) is 1. The Bertz CT molecular complexity index is 746. The van der Waals surface area contributed by atoms with Crippen LogP contribution in [-0.4, -0.2) is 30.4 Å². The van der Waals surface area contributed by atoms with Crippen molar-refractivity contribution in [3.63, 3.8) is 0 Å². The van der Waals surface area contributed by atoms with Crippen molar-refractivity contribution in [2.75, 3.05) is 24.5 Å². The second kappa shape index (κ2) is 7.60. The van der Waals surface area contributed by atoms with Crippen LogP contribution >= 0.6 is 23.4 Å². The minimum absolute atomic E-state index is 0.111. The van der Waals surface area contributed by atoms with Gasteiger partial charge in [-0.1, -0.05) is 55.4 Å². The Labute approximate surface area is 152 Å². The number of halogens is 1. The summed E-state index contributed by atoms with van der Waals surface area (Å²) in [6, 6.07) is 14.0. The Morgan fingerprint density at radius 3 is 2.67 bits per heavy atom. The Balaban J connectivity index is 2.00. The van der Waals surface area contributed by atoms with Gasteiger partial charge in [-0.2, -0.15) is 0 Å². The lowest BCUT2D eigenvalue weighted by molar-refractivity contribution is -0.119. The summed E-state index contributed by atoms with van der Waals surface area (Å²) in [4.78, 5) is 19.3. The van der Waals surface area contributed by atoms with Gasteiger partial charge < -0.3 is 4.90 Å². The molecule has 0 bridgehead atoms. The van der Waals surface area contributed by atoms with E-state index in [1.807, 2.05) is 35.2 Å². The second-order valence-corrected chi connectivity index (χ2v) is 7.28. The molecular weight excluding hydrogens is 340 g/mol. The van der Waals surface area contributed by atoms with Crippen molar-refractivity contribution in [1.29, 1.82) is 0 Å². The van der Waals surface area contributed by atoms with Gasteiger partial charge in [-0.3, -0.25) is 9.69 Å². The van der Waals surface area contributed by atoms with E-state index in [2.05, 4.69) is 30.9 Å². The first-order valence-corrected chi connectivity index (χ1v) is 9.39. The van der Waals surface area contributed by atoms with E-state index < -0.39 is 0 Å². The summed E-state index contributed by atoms with van der Waals surface area (Å²) in [5.74, 6) is 0.111. The van der Waals surface area contributed by atoms with Crippen molar-refractivity contribution in [2.24, 2.45) is 0 Å². The highest BCUT2D eigenvalue weighted by Gasteiger charge is 2.25. The van der Waals surface area contributed by atoms with Gasteiger partial charge in [0.25, 0.3) is 0 Å². The van der Waals surface area contributed by atoms with Gasteiger partial charge in [0.1, 0.15) is 0 Å². The standard InChI is InChI=1S/C19H21ClN2OS/c1-3-21(4-2)13-19(23)22-12-14-7-5-6-8-17(14)24-18-10-9-15(20)11-16(18)22/h5-11H,3-4,12-13H2,1-2H3. The van der Waals surface area contributed by atoms with E-state index in [0.717, 1.165) is 23.7 Å². The quantitative estimate of drug-likeness (QED) is 0.790. The molecule has 2 aromatic carbocycles. The van der Waals surface area contributed by atoms with Crippen LogP contribution in [-0.2, 0) is 11.3 Å². The predicted octanol–water partition coefficient (Wildman–Crippen LogP) is 4.68. The van der Waals surface area contributed by atoms with E-state index in [-0.39, 0.29) is 5.91 Å². The van der Waals surface area contributed by atoms with Gasteiger partial charge >= 0.3 is 0 Å². The molecule has 1 amide bonds. The Kier molecular flexibility index (Phi) is 5.49. The lowest BCUT2D eigenvalue weighted by Crippen LogP contribution is -2.40. The molecule has 0 fully saturated rings. The fourth-order valence-electron chi connectivity index (χ4n) is 2.84. The first kappa shape index (κ1) is 17.3. The van der Waals surface area contributed by atoms with Gasteiger partial charge in [0, 0.05) is 14.8 Å². The lowest BCUT2D eigenvalue weighted by Gasteiger charge is -2.26. The van der Waals surface area contributed by atoms with Gasteiger partial charge in [-0.25, -0.2) is 0 Å². The van der Waals surface area contributed by atoms with E-state index in [0.29, 0.717) is 18.1 Å². The highest BCUT2D eigenvalue weighted by Crippen LogP contribution is 2.42. The monoisotopic (exact) mass is 360 g/mol. The number of amides is 1. The normalized spacial score (nSPS) is 13.4. The first-order chi connectivity index (χ1) is 11.6. The molecule has 0 saturated heterocycles. The van der Waals surface area contributed by atoms with Crippen LogP contribution in [0.1, 0.15) is 19.4 Å². The highest BCUT2D eigenvalue weighted by molar-refractivity contribution is 7.99. The van der Waals surface area contributed by atoms with Gasteiger partial charge in [-0.15, -0.1) is 0 Å². The van der Waals surface area contributed by atoms with Crippen LogP contribution in [0.4, 0.5) is 5.69 Å². The molecule has 5 heteroatoms. The average Bonchev–Trinajstić information content (AvgIpc) is 2.76. The molecule has 3 nitrogen and oxygen atoms in total. The molecule has 1 aliphatic heterocycles. The molecule has 24 heavy (non-hydrogen) atoms. The SMILES string of the molecule is CCN(CC)CC(=O)N1Cc2ccccc2Sc2ccc(Cl)cc21. The number of hydrogen-bond donors (Lipinski definition) is 0. The lowest BCUT2D eigenvalue weighted by atomic mass is 10.2. The zero-order chi connectivity index (χ0) is 17.1. The van der Waals surface area contributed by atoms with Crippen LogP contribution in [0.15, 0.2) is 52.3 Å². The van der Waals surface area contributed by atoms with Gasteiger partial charge in [0.2, 0.25) is 5.91 Å². The number of rotatable bonds is 4. The van der Waals surface area contributed by atoms with Crippen LogP contribution in [0, 0.1) is 0 Å². The third-order valence-electron chi connectivity index (χ3n) is 4.29. The molecule has 2 aromatic rings. The molecule has 126 valence electrons. The molecule has 0 saturated carbocycles. The molecular formula is C19H21ClN2OS. The average molecular weight is 361 g/mol. The van der Waals surface area contributed by atoms with Crippen LogP contribution in [0.25, 0.3) is 0 Å². The molecule has 0 aliphatic carbocycles. The summed E-state index contributed by atoms with van der Waals surface area (Å²) >= 11 is 7.91. The first-order valence-electron chi connectivity index (χ1n) is 8.20. The maximum absolute atomic E-state index is 13.0. The number of fused-ring (bicyclic) bond motifs is 2. The summed E-state index contributed by atoms with van der Waals surface area (Å²) < 4.78 is 0. The molecule has 0 radical (unpaired) electrons. The summed E-state index contributed by atoms with van der Waals surface area (Å²) in [6.45, 7) is 6.89. The molecule has 3 rings (SSSR count). The predicted molar refractivity (Wildman–Crippen MR) is 101 cm³/mol. The molecule has 0 atom stereocenters. The number of benzene rings is 2. The molecule has 1 aliphatic rings. The third-order valence-corrected chi connectivity index (χ3v) is 5.71. The van der Waals surface area contributed by atoms with Gasteiger partial charge in [0.15, 0.2) is 0 Å². The van der Waals surface area contributed by atoms with Crippen molar-refractivity contribution < 1.29 is 4.79 Å². The maximum atomic E-state index is 13.0. The van der Waals surface area contributed by atoms with E-state index in [4.69, 9.17) is 11.6 Å². The number of anilines is 1. The highest BCUT2D eigenvalue weighted by atomic mass is 35.5. The van der Waals surface area contributed by atoms with Gasteiger partial charge in [0.05, 0.1) is 18.8 Å². The fourth-order valence-corrected chi connectivity index (χ4v) is 4.07. The maximum Gasteiger partial charge on any atom is 0.241 e. The number of carbonyl (C=O) groups excluding carboxylic acids is 1.